The monoisotopic (exact) mass is 274 g/mol. The molecular weight excluding hydrogens is 244 g/mol. The van der Waals surface area contributed by atoms with Crippen LogP contribution in [0.1, 0.15) is 54.5 Å². The van der Waals surface area contributed by atoms with Crippen LogP contribution in [0, 0.1) is 26.7 Å². The molecule has 1 aliphatic heterocycles. The molecule has 20 heavy (non-hydrogen) atoms. The molecule has 1 heterocycles. The molecule has 0 aliphatic carbocycles. The number of likely N-dealkylation sites (tertiary alicyclic amines) is 1. The number of aryl methyl sites for hydroxylation is 3. The molecule has 0 amide bonds. The van der Waals surface area contributed by atoms with Gasteiger partial charge in [-0.1, -0.05) is 31.0 Å². The molecule has 1 aliphatic rings. The highest BCUT2D eigenvalue weighted by Crippen LogP contribution is 2.32. The Morgan fingerprint density at radius 3 is 2.45 bits per heavy atom. The fourth-order valence-corrected chi connectivity index (χ4v) is 3.96. The van der Waals surface area contributed by atoms with Crippen LogP contribution in [-0.4, -0.2) is 24.5 Å². The minimum Gasteiger partial charge on any atom is -0.329 e. The van der Waals surface area contributed by atoms with E-state index in [1.807, 2.05) is 0 Å². The summed E-state index contributed by atoms with van der Waals surface area (Å²) in [6, 6.07) is 4.99. The second kappa shape index (κ2) is 6.73. The van der Waals surface area contributed by atoms with Crippen molar-refractivity contribution in [1.82, 2.24) is 4.90 Å². The van der Waals surface area contributed by atoms with Crippen LogP contribution in [0.3, 0.4) is 0 Å². The second-order valence-electron chi connectivity index (χ2n) is 6.50. The van der Waals surface area contributed by atoms with E-state index < -0.39 is 0 Å². The van der Waals surface area contributed by atoms with Crippen molar-refractivity contribution in [3.63, 3.8) is 0 Å². The van der Waals surface area contributed by atoms with Crippen molar-refractivity contribution in [2.45, 2.75) is 53.0 Å². The van der Waals surface area contributed by atoms with Crippen molar-refractivity contribution < 1.29 is 0 Å². The van der Waals surface area contributed by atoms with Gasteiger partial charge in [0.05, 0.1) is 0 Å². The molecule has 0 saturated carbocycles. The van der Waals surface area contributed by atoms with Gasteiger partial charge in [0.1, 0.15) is 0 Å². The first kappa shape index (κ1) is 15.5. The van der Waals surface area contributed by atoms with Crippen molar-refractivity contribution >= 4 is 0 Å². The maximum absolute atomic E-state index is 6.14. The summed E-state index contributed by atoms with van der Waals surface area (Å²) < 4.78 is 0. The molecular formula is C18H30N2. The van der Waals surface area contributed by atoms with Crippen LogP contribution in [0.2, 0.25) is 0 Å². The molecule has 2 N–H and O–H groups in total. The van der Waals surface area contributed by atoms with E-state index in [-0.39, 0.29) is 0 Å². The highest BCUT2D eigenvalue weighted by Gasteiger charge is 2.29. The highest BCUT2D eigenvalue weighted by atomic mass is 15.2. The smallest absolute Gasteiger partial charge is 0.0475 e. The lowest BCUT2D eigenvalue weighted by Crippen LogP contribution is -2.33. The van der Waals surface area contributed by atoms with Crippen molar-refractivity contribution in [2.24, 2.45) is 11.7 Å². The first-order valence-electron chi connectivity index (χ1n) is 8.08. The summed E-state index contributed by atoms with van der Waals surface area (Å²) in [5.41, 5.74) is 11.8. The van der Waals surface area contributed by atoms with Gasteiger partial charge in [-0.05, 0) is 62.8 Å². The molecule has 2 heteroatoms. The fourth-order valence-electron chi connectivity index (χ4n) is 3.96. The van der Waals surface area contributed by atoms with Crippen molar-refractivity contribution in [3.05, 3.63) is 34.4 Å². The van der Waals surface area contributed by atoms with Gasteiger partial charge in [-0.15, -0.1) is 0 Å². The van der Waals surface area contributed by atoms with Gasteiger partial charge < -0.3 is 5.73 Å². The van der Waals surface area contributed by atoms with Gasteiger partial charge in [-0.25, -0.2) is 0 Å². The largest absolute Gasteiger partial charge is 0.329 e. The van der Waals surface area contributed by atoms with Gasteiger partial charge in [0, 0.05) is 19.1 Å². The molecule has 2 unspecified atom stereocenters. The molecule has 1 aromatic rings. The van der Waals surface area contributed by atoms with E-state index in [9.17, 15) is 0 Å². The zero-order valence-electron chi connectivity index (χ0n) is 13.6. The molecule has 2 atom stereocenters. The number of hydrogen-bond donors (Lipinski definition) is 1. The van der Waals surface area contributed by atoms with Gasteiger partial charge in [-0.3, -0.25) is 4.90 Å². The molecule has 0 radical (unpaired) electrons. The van der Waals surface area contributed by atoms with Crippen LogP contribution in [0.5, 0.6) is 0 Å². The van der Waals surface area contributed by atoms with Gasteiger partial charge in [-0.2, -0.15) is 0 Å². The number of benzene rings is 1. The Kier molecular flexibility index (Phi) is 5.22. The van der Waals surface area contributed by atoms with Crippen molar-refractivity contribution in [3.8, 4) is 0 Å². The minimum atomic E-state index is 0.400. The zero-order valence-corrected chi connectivity index (χ0v) is 13.6. The Morgan fingerprint density at radius 1 is 1.25 bits per heavy atom. The third kappa shape index (κ3) is 3.24. The van der Waals surface area contributed by atoms with Crippen molar-refractivity contribution in [1.29, 1.82) is 0 Å². The summed E-state index contributed by atoms with van der Waals surface area (Å²) >= 11 is 0. The van der Waals surface area contributed by atoms with E-state index in [4.69, 9.17) is 5.73 Å². The zero-order chi connectivity index (χ0) is 14.7. The van der Waals surface area contributed by atoms with Crippen LogP contribution in [0.25, 0.3) is 0 Å². The molecule has 112 valence electrons. The van der Waals surface area contributed by atoms with E-state index >= 15 is 0 Å². The van der Waals surface area contributed by atoms with Crippen LogP contribution in [0.4, 0.5) is 0 Å². The molecule has 2 nitrogen and oxygen atoms in total. The summed E-state index contributed by atoms with van der Waals surface area (Å²) in [5, 5.41) is 0. The summed E-state index contributed by atoms with van der Waals surface area (Å²) in [7, 11) is 0. The molecule has 0 spiro atoms. The quantitative estimate of drug-likeness (QED) is 0.886. The minimum absolute atomic E-state index is 0.400. The average Bonchev–Trinajstić information content (AvgIpc) is 2.82. The Balaban J connectivity index is 2.21. The summed E-state index contributed by atoms with van der Waals surface area (Å²) in [6.07, 6.45) is 4.00. The van der Waals surface area contributed by atoms with Gasteiger partial charge in [0.25, 0.3) is 0 Å². The lowest BCUT2D eigenvalue weighted by atomic mass is 9.93. The van der Waals surface area contributed by atoms with Crippen LogP contribution >= 0.6 is 0 Å². The molecule has 0 aromatic heterocycles. The van der Waals surface area contributed by atoms with Gasteiger partial charge >= 0.3 is 0 Å². The molecule has 0 bridgehead atoms. The molecule has 1 saturated heterocycles. The molecule has 1 aromatic carbocycles. The van der Waals surface area contributed by atoms with E-state index in [0.29, 0.717) is 6.04 Å². The molecule has 1 fully saturated rings. The molecule has 2 rings (SSSR count). The predicted molar refractivity (Wildman–Crippen MR) is 87.0 cm³/mol. The second-order valence-corrected chi connectivity index (χ2v) is 6.50. The Bertz CT molecular complexity index is 430. The third-order valence-electron chi connectivity index (χ3n) is 4.75. The summed E-state index contributed by atoms with van der Waals surface area (Å²) in [4.78, 5) is 2.62. The van der Waals surface area contributed by atoms with Crippen LogP contribution in [0.15, 0.2) is 12.1 Å². The normalized spacial score (nSPS) is 21.4. The van der Waals surface area contributed by atoms with E-state index in [2.05, 4.69) is 44.7 Å². The maximum Gasteiger partial charge on any atom is 0.0475 e. The lowest BCUT2D eigenvalue weighted by molar-refractivity contribution is 0.238. The van der Waals surface area contributed by atoms with Crippen LogP contribution < -0.4 is 5.73 Å². The predicted octanol–water partition coefficient (Wildman–Crippen LogP) is 3.73. The number of nitrogens with two attached hydrogens (primary N) is 1. The number of hydrogen-bond acceptors (Lipinski definition) is 2. The standard InChI is InChI=1S/C18H30N2/c1-5-6-16-7-8-20(12-16)17(11-19)18-14(3)9-13(2)10-15(18)4/h9-10,16-17H,5-8,11-12,19H2,1-4H3. The van der Waals surface area contributed by atoms with Gasteiger partial charge in [0.15, 0.2) is 0 Å². The van der Waals surface area contributed by atoms with E-state index in [0.717, 1.165) is 12.5 Å². The highest BCUT2D eigenvalue weighted by molar-refractivity contribution is 5.40. The first-order valence-corrected chi connectivity index (χ1v) is 8.08. The van der Waals surface area contributed by atoms with E-state index in [1.54, 1.807) is 0 Å². The van der Waals surface area contributed by atoms with Crippen LogP contribution in [-0.2, 0) is 0 Å². The first-order chi connectivity index (χ1) is 9.56. The number of rotatable bonds is 5. The Hall–Kier alpha value is -0.860. The third-order valence-corrected chi connectivity index (χ3v) is 4.75. The topological polar surface area (TPSA) is 29.3 Å². The fraction of sp³-hybridized carbons (Fsp3) is 0.667. The Morgan fingerprint density at radius 2 is 1.90 bits per heavy atom. The lowest BCUT2D eigenvalue weighted by Gasteiger charge is -2.30. The van der Waals surface area contributed by atoms with Gasteiger partial charge in [0.2, 0.25) is 0 Å². The van der Waals surface area contributed by atoms with Crippen molar-refractivity contribution in [2.75, 3.05) is 19.6 Å². The SMILES string of the molecule is CCCC1CCN(C(CN)c2c(C)cc(C)cc2C)C1. The number of nitrogens with zero attached hydrogens (tertiary/aromatic N) is 1. The summed E-state index contributed by atoms with van der Waals surface area (Å²) in [5.74, 6) is 0.875. The maximum atomic E-state index is 6.14. The Labute approximate surface area is 124 Å². The van der Waals surface area contributed by atoms with E-state index in [1.165, 1.54) is 54.6 Å². The average molecular weight is 274 g/mol. The summed E-state index contributed by atoms with van der Waals surface area (Å²) in [6.45, 7) is 12.1.